The van der Waals surface area contributed by atoms with Crippen molar-refractivity contribution in [1.29, 1.82) is 0 Å². The van der Waals surface area contributed by atoms with Gasteiger partial charge in [0.15, 0.2) is 5.96 Å². The molecular formula is C5H13N3S. The lowest BCUT2D eigenvalue weighted by molar-refractivity contribution is 0.768. The maximum atomic E-state index is 5.10. The van der Waals surface area contributed by atoms with Gasteiger partial charge in [-0.15, -0.1) is 0 Å². The highest BCUT2D eigenvalue weighted by Gasteiger charge is 1.95. The number of rotatable bonds is 3. The average molecular weight is 147 g/mol. The van der Waals surface area contributed by atoms with Crippen molar-refractivity contribution >= 4 is 18.6 Å². The monoisotopic (exact) mass is 147 g/mol. The average Bonchev–Trinajstić information content (AvgIpc) is 1.63. The van der Waals surface area contributed by atoms with Crippen LogP contribution in [0.5, 0.6) is 0 Å². The molecule has 0 aromatic carbocycles. The van der Waals surface area contributed by atoms with Gasteiger partial charge in [0.25, 0.3) is 0 Å². The number of nitrogens with zero attached hydrogens (tertiary/aromatic N) is 1. The summed E-state index contributed by atoms with van der Waals surface area (Å²) in [5.41, 5.74) is 10.2. The van der Waals surface area contributed by atoms with Gasteiger partial charge >= 0.3 is 0 Å². The summed E-state index contributed by atoms with van der Waals surface area (Å²) in [7, 11) is 0. The van der Waals surface area contributed by atoms with E-state index in [4.69, 9.17) is 11.5 Å². The molecule has 3 nitrogen and oxygen atoms in total. The molecule has 0 saturated heterocycles. The van der Waals surface area contributed by atoms with Gasteiger partial charge in [-0.1, -0.05) is 13.3 Å². The Hall–Kier alpha value is -0.380. The molecule has 0 rings (SSSR count). The van der Waals surface area contributed by atoms with Crippen molar-refractivity contribution in [2.75, 3.05) is 0 Å². The summed E-state index contributed by atoms with van der Waals surface area (Å²) >= 11 is 4.10. The maximum absolute atomic E-state index is 5.10. The summed E-state index contributed by atoms with van der Waals surface area (Å²) in [5, 5.41) is -0.0278. The Morgan fingerprint density at radius 1 is 1.67 bits per heavy atom. The number of thiol groups is 1. The molecule has 0 aliphatic rings. The first-order valence-corrected chi connectivity index (χ1v) is 3.45. The van der Waals surface area contributed by atoms with E-state index in [-0.39, 0.29) is 11.3 Å². The lowest BCUT2D eigenvalue weighted by atomic mass is 10.3. The van der Waals surface area contributed by atoms with Gasteiger partial charge in [-0.2, -0.15) is 12.6 Å². The standard InChI is InChI=1S/C5H13N3S/c1-2-3-4(9)8-5(6)7/h4,9H,2-3H2,1H3,(H4,6,7,8). The summed E-state index contributed by atoms with van der Waals surface area (Å²) in [6, 6.07) is 0. The summed E-state index contributed by atoms with van der Waals surface area (Å²) in [5.74, 6) is 0.114. The van der Waals surface area contributed by atoms with Gasteiger partial charge < -0.3 is 11.5 Å². The second-order valence-corrected chi connectivity index (χ2v) is 2.42. The van der Waals surface area contributed by atoms with Crippen LogP contribution in [0.15, 0.2) is 4.99 Å². The maximum Gasteiger partial charge on any atom is 0.187 e. The van der Waals surface area contributed by atoms with Crippen LogP contribution in [0, 0.1) is 0 Å². The molecule has 0 aromatic rings. The van der Waals surface area contributed by atoms with Gasteiger partial charge in [0, 0.05) is 0 Å². The van der Waals surface area contributed by atoms with Crippen LogP contribution in [-0.4, -0.2) is 11.3 Å². The van der Waals surface area contributed by atoms with E-state index in [1.54, 1.807) is 0 Å². The molecule has 1 atom stereocenters. The Morgan fingerprint density at radius 2 is 2.22 bits per heavy atom. The van der Waals surface area contributed by atoms with E-state index in [1.807, 2.05) is 0 Å². The lowest BCUT2D eigenvalue weighted by Crippen LogP contribution is -2.24. The van der Waals surface area contributed by atoms with Crippen LogP contribution in [0.1, 0.15) is 19.8 Å². The van der Waals surface area contributed by atoms with Gasteiger partial charge in [0.05, 0.1) is 5.37 Å². The van der Waals surface area contributed by atoms with Gasteiger partial charge in [-0.25, -0.2) is 4.99 Å². The van der Waals surface area contributed by atoms with E-state index < -0.39 is 0 Å². The minimum atomic E-state index is -0.0278. The fourth-order valence-corrected chi connectivity index (χ4v) is 0.886. The Labute approximate surface area is 60.9 Å². The third-order valence-corrected chi connectivity index (χ3v) is 1.22. The van der Waals surface area contributed by atoms with Crippen LogP contribution in [0.3, 0.4) is 0 Å². The summed E-state index contributed by atoms with van der Waals surface area (Å²) in [4.78, 5) is 3.80. The SMILES string of the molecule is CCCC(S)N=C(N)N. The molecule has 0 heterocycles. The van der Waals surface area contributed by atoms with Crippen molar-refractivity contribution in [2.24, 2.45) is 16.5 Å². The zero-order valence-electron chi connectivity index (χ0n) is 5.54. The van der Waals surface area contributed by atoms with Crippen molar-refractivity contribution in [3.63, 3.8) is 0 Å². The third-order valence-electron chi connectivity index (χ3n) is 0.845. The Balaban J connectivity index is 3.49. The molecule has 0 aromatic heterocycles. The molecular weight excluding hydrogens is 134 g/mol. The predicted octanol–water partition coefficient (Wildman–Crippen LogP) is 0.316. The molecule has 0 aliphatic carbocycles. The lowest BCUT2D eigenvalue weighted by Gasteiger charge is -2.01. The molecule has 0 amide bonds. The molecule has 0 aliphatic heterocycles. The molecule has 1 unspecified atom stereocenters. The molecule has 4 heteroatoms. The van der Waals surface area contributed by atoms with E-state index in [9.17, 15) is 0 Å². The first-order valence-electron chi connectivity index (χ1n) is 2.93. The van der Waals surface area contributed by atoms with Gasteiger partial charge in [-0.05, 0) is 6.42 Å². The Morgan fingerprint density at radius 3 is 2.56 bits per heavy atom. The van der Waals surface area contributed by atoms with Crippen LogP contribution in [0.25, 0.3) is 0 Å². The fraction of sp³-hybridized carbons (Fsp3) is 0.800. The summed E-state index contributed by atoms with van der Waals surface area (Å²) < 4.78 is 0. The van der Waals surface area contributed by atoms with E-state index in [0.29, 0.717) is 0 Å². The third kappa shape index (κ3) is 5.49. The van der Waals surface area contributed by atoms with Crippen molar-refractivity contribution in [3.05, 3.63) is 0 Å². The van der Waals surface area contributed by atoms with E-state index in [2.05, 4.69) is 24.5 Å². The zero-order chi connectivity index (χ0) is 7.28. The molecule has 9 heavy (non-hydrogen) atoms. The first kappa shape index (κ1) is 8.62. The normalized spacial score (nSPS) is 12.7. The van der Waals surface area contributed by atoms with Crippen molar-refractivity contribution in [1.82, 2.24) is 0 Å². The summed E-state index contributed by atoms with van der Waals surface area (Å²) in [6.45, 7) is 2.06. The van der Waals surface area contributed by atoms with Crippen LogP contribution >= 0.6 is 12.6 Å². The van der Waals surface area contributed by atoms with E-state index in [0.717, 1.165) is 12.8 Å². The topological polar surface area (TPSA) is 64.4 Å². The number of guanidine groups is 1. The van der Waals surface area contributed by atoms with E-state index >= 15 is 0 Å². The second kappa shape index (κ2) is 4.49. The van der Waals surface area contributed by atoms with Crippen molar-refractivity contribution < 1.29 is 0 Å². The molecule has 4 N–H and O–H groups in total. The van der Waals surface area contributed by atoms with Crippen molar-refractivity contribution in [2.45, 2.75) is 25.1 Å². The number of hydrogen-bond donors (Lipinski definition) is 3. The minimum absolute atomic E-state index is 0.0278. The van der Waals surface area contributed by atoms with Gasteiger partial charge in [0.1, 0.15) is 0 Å². The smallest absolute Gasteiger partial charge is 0.187 e. The molecule has 0 saturated carbocycles. The summed E-state index contributed by atoms with van der Waals surface area (Å²) in [6.07, 6.45) is 1.96. The quantitative estimate of drug-likeness (QED) is 0.306. The van der Waals surface area contributed by atoms with Gasteiger partial charge in [-0.3, -0.25) is 0 Å². The highest BCUT2D eigenvalue weighted by molar-refractivity contribution is 7.80. The number of nitrogens with two attached hydrogens (primary N) is 2. The minimum Gasteiger partial charge on any atom is -0.370 e. The van der Waals surface area contributed by atoms with Gasteiger partial charge in [0.2, 0.25) is 0 Å². The predicted molar refractivity (Wildman–Crippen MR) is 43.5 cm³/mol. The molecule has 0 radical (unpaired) electrons. The zero-order valence-corrected chi connectivity index (χ0v) is 6.44. The first-order chi connectivity index (χ1) is 4.16. The molecule has 0 bridgehead atoms. The largest absolute Gasteiger partial charge is 0.370 e. The Bertz CT molecular complexity index is 98.4. The second-order valence-electron chi connectivity index (χ2n) is 1.82. The fourth-order valence-electron chi connectivity index (χ4n) is 0.495. The van der Waals surface area contributed by atoms with E-state index in [1.165, 1.54) is 0 Å². The molecule has 0 fully saturated rings. The van der Waals surface area contributed by atoms with Crippen LogP contribution in [-0.2, 0) is 0 Å². The molecule has 54 valence electrons. The molecule has 0 spiro atoms. The highest BCUT2D eigenvalue weighted by Crippen LogP contribution is 2.04. The van der Waals surface area contributed by atoms with Crippen LogP contribution in [0.2, 0.25) is 0 Å². The number of hydrogen-bond acceptors (Lipinski definition) is 2. The van der Waals surface area contributed by atoms with Crippen LogP contribution in [0.4, 0.5) is 0 Å². The van der Waals surface area contributed by atoms with Crippen LogP contribution < -0.4 is 11.5 Å². The highest BCUT2D eigenvalue weighted by atomic mass is 32.1. The number of aliphatic imine (C=N–C) groups is 1. The Kier molecular flexibility index (Phi) is 4.30. The van der Waals surface area contributed by atoms with Crippen molar-refractivity contribution in [3.8, 4) is 0 Å².